The zero-order chi connectivity index (χ0) is 13.8. The topological polar surface area (TPSA) is 55.4 Å². The lowest BCUT2D eigenvalue weighted by Crippen LogP contribution is -2.26. The van der Waals surface area contributed by atoms with Crippen LogP contribution in [0.15, 0.2) is 37.0 Å². The summed E-state index contributed by atoms with van der Waals surface area (Å²) in [5.74, 6) is 0.169. The quantitative estimate of drug-likeness (QED) is 0.506. The van der Waals surface area contributed by atoms with E-state index < -0.39 is 6.09 Å². The fourth-order valence-corrected chi connectivity index (χ4v) is 1.22. The molecule has 1 N–H and O–H groups in total. The molecule has 0 atom stereocenters. The number of nitrogens with one attached hydrogen (secondary N) is 1. The van der Waals surface area contributed by atoms with Crippen LogP contribution in [-0.4, -0.2) is 25.0 Å². The summed E-state index contributed by atoms with van der Waals surface area (Å²) in [6, 6.07) is 0. The summed E-state index contributed by atoms with van der Waals surface area (Å²) in [6.45, 7) is 9.40. The van der Waals surface area contributed by atoms with Crippen LogP contribution in [-0.2, 0) is 9.53 Å². The predicted octanol–water partition coefficient (Wildman–Crippen LogP) is 2.77. The van der Waals surface area contributed by atoms with E-state index in [2.05, 4.69) is 18.5 Å². The summed E-state index contributed by atoms with van der Waals surface area (Å²) in [5.41, 5.74) is 0.789. The van der Waals surface area contributed by atoms with Crippen molar-refractivity contribution in [1.82, 2.24) is 5.32 Å². The Bertz CT molecular complexity index is 332. The summed E-state index contributed by atoms with van der Waals surface area (Å²) in [4.78, 5) is 22.0. The third kappa shape index (κ3) is 9.39. The Labute approximate surface area is 108 Å². The van der Waals surface area contributed by atoms with E-state index in [9.17, 15) is 9.59 Å². The number of ether oxygens (including phenoxy) is 1. The van der Waals surface area contributed by atoms with Crippen molar-refractivity contribution >= 4 is 11.9 Å². The molecule has 0 rings (SSSR count). The van der Waals surface area contributed by atoms with Crippen LogP contribution in [0.5, 0.6) is 0 Å². The Hall–Kier alpha value is -1.84. The minimum atomic E-state index is -0.463. The van der Waals surface area contributed by atoms with Gasteiger partial charge in [-0.05, 0) is 25.3 Å². The van der Waals surface area contributed by atoms with Crippen molar-refractivity contribution in [3.05, 3.63) is 37.0 Å². The molecule has 0 radical (unpaired) electrons. The maximum absolute atomic E-state index is 11.3. The molecule has 0 fully saturated rings. The maximum Gasteiger partial charge on any atom is 0.407 e. The van der Waals surface area contributed by atoms with Gasteiger partial charge in [0, 0.05) is 13.0 Å². The second kappa shape index (κ2) is 10.3. The number of amides is 1. The highest BCUT2D eigenvalue weighted by Crippen LogP contribution is 1.98. The SMILES string of the molecule is C=C/C=C(\C=C)COC(=O)NCCCCC(C)=O. The number of ketones is 1. The van der Waals surface area contributed by atoms with Gasteiger partial charge in [-0.15, -0.1) is 0 Å². The Morgan fingerprint density at radius 1 is 1.28 bits per heavy atom. The standard InChI is InChI=1S/C14H21NO3/c1-4-8-13(5-2)11-18-14(17)15-10-7-6-9-12(3)16/h4-5,8H,1-2,6-7,9-11H2,3H3,(H,15,17)/b13-8+. The molecule has 0 aromatic rings. The Morgan fingerprint density at radius 2 is 2.00 bits per heavy atom. The molecule has 18 heavy (non-hydrogen) atoms. The molecule has 0 bridgehead atoms. The molecule has 0 saturated carbocycles. The van der Waals surface area contributed by atoms with E-state index in [1.54, 1.807) is 25.2 Å². The van der Waals surface area contributed by atoms with Gasteiger partial charge < -0.3 is 14.8 Å². The van der Waals surface area contributed by atoms with E-state index in [1.165, 1.54) is 0 Å². The molecule has 0 spiro atoms. The Morgan fingerprint density at radius 3 is 2.56 bits per heavy atom. The van der Waals surface area contributed by atoms with Gasteiger partial charge in [-0.2, -0.15) is 0 Å². The second-order valence-electron chi connectivity index (χ2n) is 3.84. The average molecular weight is 251 g/mol. The molecule has 0 unspecified atom stereocenters. The summed E-state index contributed by atoms with van der Waals surface area (Å²) in [5, 5.41) is 2.62. The van der Waals surface area contributed by atoms with Crippen molar-refractivity contribution in [1.29, 1.82) is 0 Å². The summed E-state index contributed by atoms with van der Waals surface area (Å²) >= 11 is 0. The van der Waals surface area contributed by atoms with Gasteiger partial charge in [-0.25, -0.2) is 4.79 Å². The lowest BCUT2D eigenvalue weighted by Gasteiger charge is -2.06. The molecular weight excluding hydrogens is 230 g/mol. The molecule has 0 aromatic heterocycles. The van der Waals surface area contributed by atoms with E-state index in [0.29, 0.717) is 13.0 Å². The monoisotopic (exact) mass is 251 g/mol. The van der Waals surface area contributed by atoms with Crippen LogP contribution in [0.4, 0.5) is 4.79 Å². The van der Waals surface area contributed by atoms with Crippen LogP contribution in [0, 0.1) is 0 Å². The van der Waals surface area contributed by atoms with Gasteiger partial charge in [0.15, 0.2) is 0 Å². The van der Waals surface area contributed by atoms with Crippen LogP contribution in [0.1, 0.15) is 26.2 Å². The first-order valence-corrected chi connectivity index (χ1v) is 5.94. The lowest BCUT2D eigenvalue weighted by atomic mass is 10.2. The first-order chi connectivity index (χ1) is 8.60. The third-order valence-corrected chi connectivity index (χ3v) is 2.19. The minimum absolute atomic E-state index is 0.169. The van der Waals surface area contributed by atoms with E-state index in [1.807, 2.05) is 0 Å². The third-order valence-electron chi connectivity index (χ3n) is 2.19. The Balaban J connectivity index is 3.65. The fraction of sp³-hybridized carbons (Fsp3) is 0.429. The van der Waals surface area contributed by atoms with Crippen LogP contribution in [0.2, 0.25) is 0 Å². The van der Waals surface area contributed by atoms with E-state index >= 15 is 0 Å². The zero-order valence-corrected chi connectivity index (χ0v) is 10.9. The summed E-state index contributed by atoms with van der Waals surface area (Å²) in [6.07, 6.45) is 6.60. The summed E-state index contributed by atoms with van der Waals surface area (Å²) in [7, 11) is 0. The largest absolute Gasteiger partial charge is 0.445 e. The maximum atomic E-state index is 11.3. The molecule has 0 heterocycles. The van der Waals surface area contributed by atoms with Crippen molar-refractivity contribution in [2.75, 3.05) is 13.2 Å². The molecule has 0 aliphatic rings. The number of hydrogen-bond acceptors (Lipinski definition) is 3. The number of hydrogen-bond donors (Lipinski definition) is 1. The molecule has 4 heteroatoms. The van der Waals surface area contributed by atoms with E-state index in [0.717, 1.165) is 18.4 Å². The lowest BCUT2D eigenvalue weighted by molar-refractivity contribution is -0.117. The Kier molecular flexibility index (Phi) is 9.27. The highest BCUT2D eigenvalue weighted by atomic mass is 16.5. The van der Waals surface area contributed by atoms with Crippen LogP contribution in [0.25, 0.3) is 0 Å². The van der Waals surface area contributed by atoms with Crippen LogP contribution in [0.3, 0.4) is 0 Å². The van der Waals surface area contributed by atoms with Crippen molar-refractivity contribution in [2.24, 2.45) is 0 Å². The fourth-order valence-electron chi connectivity index (χ4n) is 1.22. The molecule has 1 amide bonds. The van der Waals surface area contributed by atoms with Gasteiger partial charge in [0.2, 0.25) is 0 Å². The normalized spacial score (nSPS) is 10.6. The van der Waals surface area contributed by atoms with Crippen molar-refractivity contribution in [3.8, 4) is 0 Å². The number of Topliss-reactive ketones (excluding diaryl/α,β-unsaturated/α-hetero) is 1. The number of rotatable bonds is 9. The highest BCUT2D eigenvalue weighted by molar-refractivity contribution is 5.75. The predicted molar refractivity (Wildman–Crippen MR) is 72.4 cm³/mol. The second-order valence-corrected chi connectivity index (χ2v) is 3.84. The molecule has 0 aliphatic carbocycles. The van der Waals surface area contributed by atoms with Gasteiger partial charge in [0.05, 0.1) is 0 Å². The molecular formula is C14H21NO3. The summed E-state index contributed by atoms with van der Waals surface area (Å²) < 4.78 is 4.97. The van der Waals surface area contributed by atoms with Gasteiger partial charge in [0.1, 0.15) is 12.4 Å². The van der Waals surface area contributed by atoms with Crippen molar-refractivity contribution in [2.45, 2.75) is 26.2 Å². The number of unbranched alkanes of at least 4 members (excludes halogenated alkanes) is 1. The van der Waals surface area contributed by atoms with Crippen molar-refractivity contribution < 1.29 is 14.3 Å². The van der Waals surface area contributed by atoms with E-state index in [-0.39, 0.29) is 12.4 Å². The van der Waals surface area contributed by atoms with E-state index in [4.69, 9.17) is 4.74 Å². The van der Waals surface area contributed by atoms with Crippen LogP contribution >= 0.6 is 0 Å². The number of carbonyl (C=O) groups excluding carboxylic acids is 2. The van der Waals surface area contributed by atoms with Gasteiger partial charge >= 0.3 is 6.09 Å². The number of allylic oxidation sites excluding steroid dienone is 2. The first-order valence-electron chi connectivity index (χ1n) is 5.94. The minimum Gasteiger partial charge on any atom is -0.445 e. The molecule has 100 valence electrons. The smallest absolute Gasteiger partial charge is 0.407 e. The number of carbonyl (C=O) groups is 2. The molecule has 0 saturated heterocycles. The van der Waals surface area contributed by atoms with Gasteiger partial charge in [-0.3, -0.25) is 0 Å². The number of alkyl carbamates (subject to hydrolysis) is 1. The zero-order valence-electron chi connectivity index (χ0n) is 10.9. The molecule has 0 aromatic carbocycles. The van der Waals surface area contributed by atoms with Crippen molar-refractivity contribution in [3.63, 3.8) is 0 Å². The van der Waals surface area contributed by atoms with Crippen LogP contribution < -0.4 is 5.32 Å². The molecule has 0 aliphatic heterocycles. The van der Waals surface area contributed by atoms with Gasteiger partial charge in [0.25, 0.3) is 0 Å². The van der Waals surface area contributed by atoms with Gasteiger partial charge in [-0.1, -0.05) is 31.4 Å². The molecule has 4 nitrogen and oxygen atoms in total. The highest BCUT2D eigenvalue weighted by Gasteiger charge is 2.02. The average Bonchev–Trinajstić information content (AvgIpc) is 2.33. The first kappa shape index (κ1) is 16.2.